The third-order valence-electron chi connectivity index (χ3n) is 6.43. The first kappa shape index (κ1) is 22.1. The average molecular weight is 399 g/mol. The summed E-state index contributed by atoms with van der Waals surface area (Å²) >= 11 is 0. The van der Waals surface area contributed by atoms with Crippen LogP contribution in [0.3, 0.4) is 0 Å². The highest BCUT2D eigenvalue weighted by molar-refractivity contribution is 5.81. The summed E-state index contributed by atoms with van der Waals surface area (Å²) in [6.07, 6.45) is 6.74. The predicted octanol–water partition coefficient (Wildman–Crippen LogP) is 6.53. The second-order valence-electron chi connectivity index (χ2n) is 10.2. The summed E-state index contributed by atoms with van der Waals surface area (Å²) in [5.41, 5.74) is 5.91. The highest BCUT2D eigenvalue weighted by Gasteiger charge is 2.33. The standard InChI is InChI=1S/C26H38O3/c1-17-13-18(2)24(19(3)14-17)22-15-21(8-7-20-9-11-28-12-10-20)16-23(22)29-25(27)26(4,5)6/h13-14,20-21H,7-12,15-16H2,1-6H3. The van der Waals surface area contributed by atoms with Gasteiger partial charge in [0.1, 0.15) is 5.76 Å². The molecule has 1 saturated heterocycles. The van der Waals surface area contributed by atoms with E-state index in [1.165, 1.54) is 53.5 Å². The fourth-order valence-electron chi connectivity index (χ4n) is 4.84. The van der Waals surface area contributed by atoms with Crippen LogP contribution in [-0.4, -0.2) is 19.2 Å². The summed E-state index contributed by atoms with van der Waals surface area (Å²) in [5.74, 6) is 2.14. The first-order chi connectivity index (χ1) is 13.6. The third kappa shape index (κ3) is 5.51. The van der Waals surface area contributed by atoms with Gasteiger partial charge in [-0.3, -0.25) is 4.79 Å². The minimum absolute atomic E-state index is 0.127. The molecule has 1 fully saturated rings. The van der Waals surface area contributed by atoms with E-state index in [2.05, 4.69) is 32.9 Å². The smallest absolute Gasteiger partial charge is 0.316 e. The van der Waals surface area contributed by atoms with Crippen LogP contribution >= 0.6 is 0 Å². The number of hydrogen-bond donors (Lipinski definition) is 0. The van der Waals surface area contributed by atoms with Crippen LogP contribution in [0.2, 0.25) is 0 Å². The van der Waals surface area contributed by atoms with Gasteiger partial charge in [0.2, 0.25) is 0 Å². The van der Waals surface area contributed by atoms with Crippen molar-refractivity contribution in [2.75, 3.05) is 13.2 Å². The van der Waals surface area contributed by atoms with Crippen LogP contribution in [0, 0.1) is 38.0 Å². The van der Waals surface area contributed by atoms with Crippen LogP contribution in [0.15, 0.2) is 17.9 Å². The van der Waals surface area contributed by atoms with E-state index in [1.54, 1.807) is 0 Å². The van der Waals surface area contributed by atoms with Gasteiger partial charge in [-0.1, -0.05) is 17.7 Å². The minimum atomic E-state index is -0.490. The molecule has 0 spiro atoms. The Morgan fingerprint density at radius 3 is 2.17 bits per heavy atom. The van der Waals surface area contributed by atoms with E-state index in [9.17, 15) is 4.79 Å². The van der Waals surface area contributed by atoms with Crippen molar-refractivity contribution in [1.82, 2.24) is 0 Å². The number of allylic oxidation sites excluding steroid dienone is 2. The molecule has 1 aliphatic heterocycles. The van der Waals surface area contributed by atoms with E-state index in [0.717, 1.165) is 37.7 Å². The number of ether oxygens (including phenoxy) is 2. The molecular formula is C26H38O3. The lowest BCUT2D eigenvalue weighted by molar-refractivity contribution is -0.148. The summed E-state index contributed by atoms with van der Waals surface area (Å²) in [7, 11) is 0. The van der Waals surface area contributed by atoms with Crippen LogP contribution in [-0.2, 0) is 14.3 Å². The molecule has 1 heterocycles. The second-order valence-corrected chi connectivity index (χ2v) is 10.2. The molecule has 160 valence electrons. The van der Waals surface area contributed by atoms with Gasteiger partial charge in [-0.25, -0.2) is 0 Å². The van der Waals surface area contributed by atoms with Gasteiger partial charge < -0.3 is 9.47 Å². The zero-order valence-corrected chi connectivity index (χ0v) is 19.2. The number of aryl methyl sites for hydroxylation is 3. The highest BCUT2D eigenvalue weighted by Crippen LogP contribution is 2.44. The zero-order chi connectivity index (χ0) is 21.2. The van der Waals surface area contributed by atoms with Crippen LogP contribution < -0.4 is 0 Å². The van der Waals surface area contributed by atoms with Gasteiger partial charge in [0.05, 0.1) is 5.41 Å². The molecule has 0 saturated carbocycles. The number of hydrogen-bond acceptors (Lipinski definition) is 3. The molecule has 0 aromatic heterocycles. The lowest BCUT2D eigenvalue weighted by Gasteiger charge is -2.23. The Bertz CT molecular complexity index is 753. The Labute approximate surface area is 176 Å². The van der Waals surface area contributed by atoms with Crippen molar-refractivity contribution < 1.29 is 14.3 Å². The van der Waals surface area contributed by atoms with Gasteiger partial charge in [-0.05, 0) is 108 Å². The van der Waals surface area contributed by atoms with Crippen LogP contribution in [0.5, 0.6) is 0 Å². The Kier molecular flexibility index (Phi) is 6.88. The molecule has 3 rings (SSSR count). The van der Waals surface area contributed by atoms with Gasteiger partial charge in [0.25, 0.3) is 0 Å². The van der Waals surface area contributed by atoms with Crippen LogP contribution in [0.4, 0.5) is 0 Å². The molecule has 2 aliphatic rings. The van der Waals surface area contributed by atoms with Crippen molar-refractivity contribution in [3.05, 3.63) is 40.1 Å². The van der Waals surface area contributed by atoms with Crippen LogP contribution in [0.25, 0.3) is 5.57 Å². The molecule has 0 bridgehead atoms. The predicted molar refractivity (Wildman–Crippen MR) is 119 cm³/mol. The van der Waals surface area contributed by atoms with Crippen molar-refractivity contribution in [3.63, 3.8) is 0 Å². The molecule has 1 aliphatic carbocycles. The Morgan fingerprint density at radius 1 is 1.00 bits per heavy atom. The molecule has 1 atom stereocenters. The molecule has 29 heavy (non-hydrogen) atoms. The number of carbonyl (C=O) groups is 1. The fourth-order valence-corrected chi connectivity index (χ4v) is 4.84. The summed E-state index contributed by atoms with van der Waals surface area (Å²) in [6, 6.07) is 4.49. The SMILES string of the molecule is Cc1cc(C)c(C2=C(OC(=O)C(C)(C)C)CC(CCC3CCOCC3)C2)c(C)c1. The maximum Gasteiger partial charge on any atom is 0.316 e. The van der Waals surface area contributed by atoms with Crippen molar-refractivity contribution in [1.29, 1.82) is 0 Å². The molecule has 0 amide bonds. The van der Waals surface area contributed by atoms with E-state index in [0.29, 0.717) is 5.92 Å². The number of rotatable bonds is 5. The minimum Gasteiger partial charge on any atom is -0.430 e. The average Bonchev–Trinajstić information content (AvgIpc) is 3.01. The quantitative estimate of drug-likeness (QED) is 0.529. The van der Waals surface area contributed by atoms with E-state index >= 15 is 0 Å². The molecule has 1 unspecified atom stereocenters. The molecule has 3 nitrogen and oxygen atoms in total. The summed E-state index contributed by atoms with van der Waals surface area (Å²) in [4.78, 5) is 12.7. The molecule has 3 heteroatoms. The van der Waals surface area contributed by atoms with E-state index in [-0.39, 0.29) is 5.97 Å². The van der Waals surface area contributed by atoms with Gasteiger partial charge in [-0.2, -0.15) is 0 Å². The normalized spacial score (nSPS) is 21.0. The van der Waals surface area contributed by atoms with Crippen LogP contribution in [0.1, 0.15) is 81.5 Å². The molecule has 0 radical (unpaired) electrons. The first-order valence-electron chi connectivity index (χ1n) is 11.3. The monoisotopic (exact) mass is 398 g/mol. The summed E-state index contributed by atoms with van der Waals surface area (Å²) < 4.78 is 11.5. The van der Waals surface area contributed by atoms with Gasteiger partial charge >= 0.3 is 5.97 Å². The maximum absolute atomic E-state index is 12.7. The number of benzene rings is 1. The van der Waals surface area contributed by atoms with Crippen molar-refractivity contribution in [3.8, 4) is 0 Å². The largest absolute Gasteiger partial charge is 0.430 e. The van der Waals surface area contributed by atoms with E-state index in [1.807, 2.05) is 20.8 Å². The molecule has 0 N–H and O–H groups in total. The Hall–Kier alpha value is -1.61. The third-order valence-corrected chi connectivity index (χ3v) is 6.43. The number of carbonyl (C=O) groups excluding carboxylic acids is 1. The zero-order valence-electron chi connectivity index (χ0n) is 19.2. The fraction of sp³-hybridized carbons (Fsp3) is 0.654. The maximum atomic E-state index is 12.7. The van der Waals surface area contributed by atoms with E-state index in [4.69, 9.17) is 9.47 Å². The second kappa shape index (κ2) is 9.04. The van der Waals surface area contributed by atoms with Crippen molar-refractivity contribution >= 4 is 11.5 Å². The van der Waals surface area contributed by atoms with E-state index < -0.39 is 5.41 Å². The lowest BCUT2D eigenvalue weighted by Crippen LogP contribution is -2.22. The molecule has 1 aromatic carbocycles. The van der Waals surface area contributed by atoms with Gasteiger partial charge in [0, 0.05) is 19.6 Å². The molecule has 1 aromatic rings. The van der Waals surface area contributed by atoms with Gasteiger partial charge in [-0.15, -0.1) is 0 Å². The Morgan fingerprint density at radius 2 is 1.59 bits per heavy atom. The number of esters is 1. The van der Waals surface area contributed by atoms with Crippen molar-refractivity contribution in [2.45, 2.75) is 80.1 Å². The van der Waals surface area contributed by atoms with Gasteiger partial charge in [0.15, 0.2) is 0 Å². The lowest BCUT2D eigenvalue weighted by atomic mass is 9.87. The van der Waals surface area contributed by atoms with Crippen molar-refractivity contribution in [2.24, 2.45) is 17.3 Å². The summed E-state index contributed by atoms with van der Waals surface area (Å²) in [6.45, 7) is 14.1. The molecular weight excluding hydrogens is 360 g/mol. The first-order valence-corrected chi connectivity index (χ1v) is 11.3. The highest BCUT2D eigenvalue weighted by atomic mass is 16.5. The Balaban J connectivity index is 1.81. The topological polar surface area (TPSA) is 35.5 Å². The summed E-state index contributed by atoms with van der Waals surface area (Å²) in [5, 5.41) is 0.